The van der Waals surface area contributed by atoms with Crippen LogP contribution in [0, 0.1) is 0 Å². The third-order valence-corrected chi connectivity index (χ3v) is 4.31. The van der Waals surface area contributed by atoms with Crippen molar-refractivity contribution in [2.75, 3.05) is 0 Å². The second kappa shape index (κ2) is 4.81. The van der Waals surface area contributed by atoms with Gasteiger partial charge in [0.05, 0.1) is 0 Å². The zero-order chi connectivity index (χ0) is 12.5. The molecule has 0 spiro atoms. The Labute approximate surface area is 105 Å². The smallest absolute Gasteiger partial charge is 0.0108 e. The molecule has 0 fully saturated rings. The normalized spacial score (nSPS) is 24.1. The summed E-state index contributed by atoms with van der Waals surface area (Å²) in [6.45, 7) is 6.93. The molecule has 0 amide bonds. The zero-order valence-corrected chi connectivity index (χ0v) is 11.4. The van der Waals surface area contributed by atoms with E-state index in [1.807, 2.05) is 0 Å². The zero-order valence-electron chi connectivity index (χ0n) is 11.4. The first kappa shape index (κ1) is 12.6. The maximum Gasteiger partial charge on any atom is 0.0108 e. The van der Waals surface area contributed by atoms with Crippen molar-refractivity contribution < 1.29 is 0 Å². The molecule has 0 heterocycles. The SMILES string of the molecule is CCCC(N)C1CCC(C)(C)c2ccccc21. The summed E-state index contributed by atoms with van der Waals surface area (Å²) in [5.41, 5.74) is 9.70. The van der Waals surface area contributed by atoms with Gasteiger partial charge < -0.3 is 5.73 Å². The molecule has 2 N–H and O–H groups in total. The molecule has 2 atom stereocenters. The van der Waals surface area contributed by atoms with Crippen LogP contribution in [-0.4, -0.2) is 6.04 Å². The second-order valence-electron chi connectivity index (χ2n) is 6.07. The van der Waals surface area contributed by atoms with Crippen molar-refractivity contribution in [2.24, 2.45) is 5.73 Å². The van der Waals surface area contributed by atoms with Gasteiger partial charge in [0.2, 0.25) is 0 Å². The number of benzene rings is 1. The van der Waals surface area contributed by atoms with Crippen molar-refractivity contribution in [3.63, 3.8) is 0 Å². The van der Waals surface area contributed by atoms with Gasteiger partial charge in [0.15, 0.2) is 0 Å². The lowest BCUT2D eigenvalue weighted by Crippen LogP contribution is -2.35. The molecule has 0 saturated carbocycles. The maximum absolute atomic E-state index is 6.36. The van der Waals surface area contributed by atoms with Gasteiger partial charge in [0.1, 0.15) is 0 Å². The molecule has 0 radical (unpaired) electrons. The lowest BCUT2D eigenvalue weighted by atomic mass is 9.67. The van der Waals surface area contributed by atoms with Crippen LogP contribution in [-0.2, 0) is 5.41 Å². The number of nitrogens with two attached hydrogens (primary N) is 1. The van der Waals surface area contributed by atoms with E-state index in [1.54, 1.807) is 0 Å². The fraction of sp³-hybridized carbons (Fsp3) is 0.625. The summed E-state index contributed by atoms with van der Waals surface area (Å²) in [6.07, 6.45) is 4.82. The Hall–Kier alpha value is -0.820. The fourth-order valence-electron chi connectivity index (χ4n) is 3.22. The van der Waals surface area contributed by atoms with E-state index in [9.17, 15) is 0 Å². The predicted octanol–water partition coefficient (Wildman–Crippen LogP) is 3.97. The standard InChI is InChI=1S/C16H25N/c1-4-7-15(17)13-10-11-16(2,3)14-9-6-5-8-12(13)14/h5-6,8-9,13,15H,4,7,10-11,17H2,1-3H3. The highest BCUT2D eigenvalue weighted by Crippen LogP contribution is 2.43. The molecular formula is C16H25N. The van der Waals surface area contributed by atoms with Crippen LogP contribution < -0.4 is 5.73 Å². The van der Waals surface area contributed by atoms with Crippen molar-refractivity contribution in [1.82, 2.24) is 0 Å². The van der Waals surface area contributed by atoms with Crippen LogP contribution in [0.3, 0.4) is 0 Å². The predicted molar refractivity (Wildman–Crippen MR) is 74.3 cm³/mol. The van der Waals surface area contributed by atoms with E-state index in [2.05, 4.69) is 45.0 Å². The van der Waals surface area contributed by atoms with Crippen molar-refractivity contribution in [1.29, 1.82) is 0 Å². The second-order valence-corrected chi connectivity index (χ2v) is 6.07. The van der Waals surface area contributed by atoms with Gasteiger partial charge in [0, 0.05) is 6.04 Å². The first-order valence-electron chi connectivity index (χ1n) is 6.91. The molecule has 0 saturated heterocycles. The number of hydrogen-bond acceptors (Lipinski definition) is 1. The minimum absolute atomic E-state index is 0.318. The summed E-state index contributed by atoms with van der Waals surface area (Å²) >= 11 is 0. The summed E-state index contributed by atoms with van der Waals surface area (Å²) < 4.78 is 0. The van der Waals surface area contributed by atoms with Crippen molar-refractivity contribution in [2.45, 2.75) is 63.8 Å². The molecule has 0 bridgehead atoms. The van der Waals surface area contributed by atoms with Crippen molar-refractivity contribution in [3.8, 4) is 0 Å². The summed E-state index contributed by atoms with van der Waals surface area (Å²) in [5.74, 6) is 0.569. The van der Waals surface area contributed by atoms with Gasteiger partial charge in [-0.3, -0.25) is 0 Å². The molecule has 17 heavy (non-hydrogen) atoms. The van der Waals surface area contributed by atoms with Gasteiger partial charge >= 0.3 is 0 Å². The summed E-state index contributed by atoms with van der Waals surface area (Å²) in [7, 11) is 0. The van der Waals surface area contributed by atoms with Crippen LogP contribution in [0.1, 0.15) is 63.5 Å². The number of hydrogen-bond donors (Lipinski definition) is 1. The third kappa shape index (κ3) is 2.40. The highest BCUT2D eigenvalue weighted by atomic mass is 14.7. The van der Waals surface area contributed by atoms with Gasteiger partial charge in [-0.25, -0.2) is 0 Å². The van der Waals surface area contributed by atoms with Crippen LogP contribution in [0.5, 0.6) is 0 Å². The monoisotopic (exact) mass is 231 g/mol. The lowest BCUT2D eigenvalue weighted by molar-refractivity contribution is 0.353. The largest absolute Gasteiger partial charge is 0.327 e. The Morgan fingerprint density at radius 1 is 1.35 bits per heavy atom. The van der Waals surface area contributed by atoms with Crippen LogP contribution in [0.2, 0.25) is 0 Å². The van der Waals surface area contributed by atoms with E-state index in [1.165, 1.54) is 30.4 Å². The van der Waals surface area contributed by atoms with Gasteiger partial charge in [-0.05, 0) is 41.7 Å². The minimum Gasteiger partial charge on any atom is -0.327 e. The third-order valence-electron chi connectivity index (χ3n) is 4.31. The molecular weight excluding hydrogens is 206 g/mol. The number of rotatable bonds is 3. The quantitative estimate of drug-likeness (QED) is 0.837. The summed E-state index contributed by atoms with van der Waals surface area (Å²) in [5, 5.41) is 0. The van der Waals surface area contributed by atoms with Crippen LogP contribution in [0.15, 0.2) is 24.3 Å². The van der Waals surface area contributed by atoms with E-state index < -0.39 is 0 Å². The van der Waals surface area contributed by atoms with Gasteiger partial charge in [-0.2, -0.15) is 0 Å². The van der Waals surface area contributed by atoms with Crippen molar-refractivity contribution in [3.05, 3.63) is 35.4 Å². The molecule has 0 aliphatic heterocycles. The molecule has 1 heteroatoms. The van der Waals surface area contributed by atoms with E-state index in [0.717, 1.165) is 6.42 Å². The minimum atomic E-state index is 0.318. The Balaban J connectivity index is 2.35. The Kier molecular flexibility index (Phi) is 3.58. The highest BCUT2D eigenvalue weighted by molar-refractivity contribution is 5.39. The molecule has 0 aromatic heterocycles. The topological polar surface area (TPSA) is 26.0 Å². The van der Waals surface area contributed by atoms with E-state index in [0.29, 0.717) is 17.4 Å². The van der Waals surface area contributed by atoms with Crippen LogP contribution in [0.25, 0.3) is 0 Å². The lowest BCUT2D eigenvalue weighted by Gasteiger charge is -2.39. The van der Waals surface area contributed by atoms with Crippen molar-refractivity contribution >= 4 is 0 Å². The fourth-order valence-corrected chi connectivity index (χ4v) is 3.22. The first-order chi connectivity index (χ1) is 8.06. The Morgan fingerprint density at radius 2 is 2.06 bits per heavy atom. The maximum atomic E-state index is 6.36. The molecule has 1 aliphatic rings. The highest BCUT2D eigenvalue weighted by Gasteiger charge is 2.34. The molecule has 1 aliphatic carbocycles. The van der Waals surface area contributed by atoms with Crippen LogP contribution in [0.4, 0.5) is 0 Å². The molecule has 1 aromatic rings. The summed E-state index contributed by atoms with van der Waals surface area (Å²) in [4.78, 5) is 0. The average Bonchev–Trinajstić information content (AvgIpc) is 2.29. The van der Waals surface area contributed by atoms with Crippen LogP contribution >= 0.6 is 0 Å². The van der Waals surface area contributed by atoms with E-state index >= 15 is 0 Å². The van der Waals surface area contributed by atoms with Gasteiger partial charge in [-0.15, -0.1) is 0 Å². The Bertz CT molecular complexity index is 381. The molecule has 1 aromatic carbocycles. The van der Waals surface area contributed by atoms with E-state index in [-0.39, 0.29) is 0 Å². The number of fused-ring (bicyclic) bond motifs is 1. The van der Waals surface area contributed by atoms with E-state index in [4.69, 9.17) is 5.73 Å². The summed E-state index contributed by atoms with van der Waals surface area (Å²) in [6, 6.07) is 9.23. The van der Waals surface area contributed by atoms with Gasteiger partial charge in [-0.1, -0.05) is 51.5 Å². The molecule has 94 valence electrons. The molecule has 2 rings (SSSR count). The van der Waals surface area contributed by atoms with Gasteiger partial charge in [0.25, 0.3) is 0 Å². The first-order valence-corrected chi connectivity index (χ1v) is 6.91. The Morgan fingerprint density at radius 3 is 2.76 bits per heavy atom. The molecule has 1 nitrogen and oxygen atoms in total. The molecule has 2 unspecified atom stereocenters. The average molecular weight is 231 g/mol.